The van der Waals surface area contributed by atoms with Gasteiger partial charge in [-0.2, -0.15) is 0 Å². The van der Waals surface area contributed by atoms with E-state index in [0.717, 1.165) is 6.42 Å². The quantitative estimate of drug-likeness (QED) is 0.0984. The normalized spacial score (nSPS) is 13.6. The molecule has 0 aromatic heterocycles. The third-order valence-corrected chi connectivity index (χ3v) is 4.88. The number of carbonyl (C=O) groups is 4. The molecule has 3 amide bonds. The van der Waals surface area contributed by atoms with Gasteiger partial charge in [-0.15, -0.1) is 0 Å². The van der Waals surface area contributed by atoms with Crippen LogP contribution in [0.5, 0.6) is 0 Å². The second-order valence-electron chi connectivity index (χ2n) is 7.69. The molecule has 0 aromatic rings. The molecule has 0 spiro atoms. The van der Waals surface area contributed by atoms with Crippen LogP contribution in [0.4, 0.5) is 0 Å². The van der Waals surface area contributed by atoms with Crippen LogP contribution in [0.1, 0.15) is 57.8 Å². The number of unbranched alkanes of at least 4 members (excludes halogenated alkanes) is 3. The highest BCUT2D eigenvalue weighted by molar-refractivity contribution is 5.93. The van der Waals surface area contributed by atoms with Gasteiger partial charge in [0.15, 0.2) is 0 Å². The second-order valence-corrected chi connectivity index (χ2v) is 7.69. The molecule has 0 rings (SSSR count). The largest absolute Gasteiger partial charge is 0.480 e. The van der Waals surface area contributed by atoms with Crippen LogP contribution in [0.3, 0.4) is 0 Å². The van der Waals surface area contributed by atoms with Crippen molar-refractivity contribution < 1.29 is 24.3 Å². The Morgan fingerprint density at radius 2 is 1.09 bits per heavy atom. The molecule has 3 atom stereocenters. The minimum Gasteiger partial charge on any atom is -0.480 e. The molecule has 12 nitrogen and oxygen atoms in total. The third-order valence-electron chi connectivity index (χ3n) is 4.88. The van der Waals surface area contributed by atoms with Crippen molar-refractivity contribution in [2.24, 2.45) is 22.9 Å². The van der Waals surface area contributed by atoms with E-state index in [1.807, 2.05) is 0 Å². The van der Waals surface area contributed by atoms with Crippen molar-refractivity contribution in [3.05, 3.63) is 0 Å². The average Bonchev–Trinajstić information content (AvgIpc) is 2.76. The first-order valence-corrected chi connectivity index (χ1v) is 11.2. The van der Waals surface area contributed by atoms with Crippen LogP contribution in [0.25, 0.3) is 0 Å². The van der Waals surface area contributed by atoms with Gasteiger partial charge in [0.25, 0.3) is 0 Å². The number of hydrogen-bond acceptors (Lipinski definition) is 8. The minimum atomic E-state index is -1.19. The molecule has 186 valence electrons. The Hall–Kier alpha value is -2.28. The molecule has 0 aliphatic heterocycles. The summed E-state index contributed by atoms with van der Waals surface area (Å²) in [6.07, 6.45) is 4.98. The number of hydrogen-bond donors (Lipinski definition) is 8. The van der Waals surface area contributed by atoms with Gasteiger partial charge in [0.1, 0.15) is 18.6 Å². The van der Waals surface area contributed by atoms with Gasteiger partial charge in [-0.3, -0.25) is 19.2 Å². The summed E-state index contributed by atoms with van der Waals surface area (Å²) in [5.74, 6) is -2.79. The third kappa shape index (κ3) is 13.9. The molecule has 0 aliphatic carbocycles. The van der Waals surface area contributed by atoms with Crippen molar-refractivity contribution >= 4 is 23.7 Å². The van der Waals surface area contributed by atoms with Crippen LogP contribution in [0, 0.1) is 0 Å². The summed E-state index contributed by atoms with van der Waals surface area (Å²) in [4.78, 5) is 48.5. The zero-order chi connectivity index (χ0) is 24.4. The van der Waals surface area contributed by atoms with E-state index in [0.29, 0.717) is 64.6 Å². The lowest BCUT2D eigenvalue weighted by atomic mass is 10.0. The molecule has 0 saturated carbocycles. The first kappa shape index (κ1) is 29.7. The number of amides is 3. The van der Waals surface area contributed by atoms with Crippen LogP contribution in [-0.2, 0) is 19.2 Å². The SMILES string of the molecule is NCCCCC(N)C(=O)NC(CCCCN)C(=O)NC(CCCCN)C(=O)NCC(=O)O. The second kappa shape index (κ2) is 18.3. The molecule has 0 saturated heterocycles. The summed E-state index contributed by atoms with van der Waals surface area (Å²) in [7, 11) is 0. The Balaban J connectivity index is 5.16. The molecule has 3 unspecified atom stereocenters. The van der Waals surface area contributed by atoms with E-state index in [9.17, 15) is 19.2 Å². The van der Waals surface area contributed by atoms with Gasteiger partial charge in [0.05, 0.1) is 6.04 Å². The number of aliphatic carboxylic acids is 1. The predicted octanol–water partition coefficient (Wildman–Crippen LogP) is -2.13. The molecule has 0 fully saturated rings. The number of nitrogens with one attached hydrogen (secondary N) is 3. The molecule has 12 heteroatoms. The number of carbonyl (C=O) groups excluding carboxylic acids is 3. The van der Waals surface area contributed by atoms with E-state index in [4.69, 9.17) is 28.0 Å². The first-order valence-electron chi connectivity index (χ1n) is 11.2. The van der Waals surface area contributed by atoms with Crippen molar-refractivity contribution in [3.63, 3.8) is 0 Å². The summed E-state index contributed by atoms with van der Waals surface area (Å²) >= 11 is 0. The lowest BCUT2D eigenvalue weighted by Gasteiger charge is -2.24. The van der Waals surface area contributed by atoms with Gasteiger partial charge < -0.3 is 44.0 Å². The Bertz CT molecular complexity index is 577. The van der Waals surface area contributed by atoms with Crippen molar-refractivity contribution in [1.82, 2.24) is 16.0 Å². The standard InChI is InChI=1S/C20H41N7O5/c21-10-4-1-7-14(24)18(30)26-16(9-3-6-12-23)20(32)27-15(8-2-5-11-22)19(31)25-13-17(28)29/h14-16H,1-13,21-24H2,(H,25,31)(H,26,30)(H,27,32)(H,28,29). The number of rotatable bonds is 19. The Labute approximate surface area is 189 Å². The monoisotopic (exact) mass is 459 g/mol. The van der Waals surface area contributed by atoms with E-state index < -0.39 is 48.4 Å². The average molecular weight is 460 g/mol. The molecule has 0 radical (unpaired) electrons. The van der Waals surface area contributed by atoms with Crippen molar-refractivity contribution in [1.29, 1.82) is 0 Å². The molecular formula is C20H41N7O5. The smallest absolute Gasteiger partial charge is 0.322 e. The number of nitrogens with two attached hydrogens (primary N) is 4. The topological polar surface area (TPSA) is 229 Å². The van der Waals surface area contributed by atoms with Crippen LogP contribution in [0.2, 0.25) is 0 Å². The molecule has 0 aromatic carbocycles. The molecule has 0 heterocycles. The molecule has 0 bridgehead atoms. The highest BCUT2D eigenvalue weighted by Crippen LogP contribution is 2.06. The fourth-order valence-corrected chi connectivity index (χ4v) is 3.00. The van der Waals surface area contributed by atoms with Crippen molar-refractivity contribution in [2.75, 3.05) is 26.2 Å². The highest BCUT2D eigenvalue weighted by atomic mass is 16.4. The summed E-state index contributed by atoms with van der Waals surface area (Å²) in [6.45, 7) is 0.821. The zero-order valence-electron chi connectivity index (χ0n) is 18.8. The fourth-order valence-electron chi connectivity index (χ4n) is 3.00. The van der Waals surface area contributed by atoms with E-state index in [1.165, 1.54) is 0 Å². The molecule has 0 aliphatic rings. The number of carboxylic acid groups (broad SMARTS) is 1. The predicted molar refractivity (Wildman–Crippen MR) is 121 cm³/mol. The van der Waals surface area contributed by atoms with Crippen molar-refractivity contribution in [3.8, 4) is 0 Å². The molecule has 12 N–H and O–H groups in total. The summed E-state index contributed by atoms with van der Waals surface area (Å²) < 4.78 is 0. The van der Waals surface area contributed by atoms with Gasteiger partial charge in [-0.05, 0) is 71.0 Å². The summed E-state index contributed by atoms with van der Waals surface area (Å²) in [5.41, 5.74) is 22.4. The highest BCUT2D eigenvalue weighted by Gasteiger charge is 2.27. The van der Waals surface area contributed by atoms with Gasteiger partial charge in [-0.1, -0.05) is 6.42 Å². The van der Waals surface area contributed by atoms with Crippen LogP contribution < -0.4 is 38.9 Å². The van der Waals surface area contributed by atoms with Gasteiger partial charge in [-0.25, -0.2) is 0 Å². The van der Waals surface area contributed by atoms with Crippen LogP contribution in [-0.4, -0.2) is 73.1 Å². The fraction of sp³-hybridized carbons (Fsp3) is 0.800. The Morgan fingerprint density at radius 1 is 0.656 bits per heavy atom. The Kier molecular flexibility index (Phi) is 17.0. The Morgan fingerprint density at radius 3 is 1.56 bits per heavy atom. The van der Waals surface area contributed by atoms with E-state index >= 15 is 0 Å². The first-order chi connectivity index (χ1) is 15.3. The van der Waals surface area contributed by atoms with Crippen molar-refractivity contribution in [2.45, 2.75) is 75.9 Å². The maximum atomic E-state index is 12.9. The lowest BCUT2D eigenvalue weighted by Crippen LogP contribution is -2.56. The van der Waals surface area contributed by atoms with Crippen LogP contribution in [0.15, 0.2) is 0 Å². The number of carboxylic acids is 1. The minimum absolute atomic E-state index is 0.288. The van der Waals surface area contributed by atoms with E-state index in [1.54, 1.807) is 0 Å². The molecular weight excluding hydrogens is 418 g/mol. The van der Waals surface area contributed by atoms with Gasteiger partial charge in [0.2, 0.25) is 17.7 Å². The van der Waals surface area contributed by atoms with Crippen LogP contribution >= 0.6 is 0 Å². The summed E-state index contributed by atoms with van der Waals surface area (Å²) in [5, 5.41) is 16.4. The maximum Gasteiger partial charge on any atom is 0.322 e. The van der Waals surface area contributed by atoms with E-state index in [-0.39, 0.29) is 6.42 Å². The lowest BCUT2D eigenvalue weighted by molar-refractivity contribution is -0.138. The van der Waals surface area contributed by atoms with Gasteiger partial charge >= 0.3 is 5.97 Å². The van der Waals surface area contributed by atoms with Gasteiger partial charge in [0, 0.05) is 0 Å². The maximum absolute atomic E-state index is 12.9. The zero-order valence-corrected chi connectivity index (χ0v) is 18.8. The molecule has 32 heavy (non-hydrogen) atoms. The summed E-state index contributed by atoms with van der Waals surface area (Å²) in [6, 6.07) is -2.61. The van der Waals surface area contributed by atoms with E-state index in [2.05, 4.69) is 16.0 Å².